The van der Waals surface area contributed by atoms with Crippen LogP contribution in [0.3, 0.4) is 0 Å². The highest BCUT2D eigenvalue weighted by Gasteiger charge is 2.20. The molecule has 0 aliphatic rings. The first kappa shape index (κ1) is 20.9. The van der Waals surface area contributed by atoms with Crippen LogP contribution in [0.25, 0.3) is 17.1 Å². The molecule has 4 aromatic rings. The Kier molecular flexibility index (Phi) is 6.18. The Morgan fingerprint density at radius 2 is 1.90 bits per heavy atom. The van der Waals surface area contributed by atoms with Crippen molar-refractivity contribution in [1.29, 1.82) is 0 Å². The number of thioether (sulfide) groups is 1. The van der Waals surface area contributed by atoms with E-state index < -0.39 is 0 Å². The fourth-order valence-electron chi connectivity index (χ4n) is 3.13. The maximum Gasteiger partial charge on any atom is 0.231 e. The lowest BCUT2D eigenvalue weighted by atomic mass is 10.2. The first-order chi connectivity index (χ1) is 15.0. The molecule has 1 N–H and O–H groups in total. The molecule has 0 saturated carbocycles. The van der Waals surface area contributed by atoms with Crippen molar-refractivity contribution in [3.63, 3.8) is 0 Å². The Hall–Kier alpha value is -3.39. The summed E-state index contributed by atoms with van der Waals surface area (Å²) >= 11 is 1.24. The smallest absolute Gasteiger partial charge is 0.231 e. The number of aromatic nitrogens is 3. The number of amides is 1. The quantitative estimate of drug-likeness (QED) is 0.415. The van der Waals surface area contributed by atoms with Gasteiger partial charge in [-0.15, -0.1) is 10.2 Å². The second-order valence-electron chi connectivity index (χ2n) is 7.05. The molecule has 2 aromatic heterocycles. The largest absolute Gasteiger partial charge is 0.467 e. The van der Waals surface area contributed by atoms with Crippen LogP contribution in [-0.2, 0) is 4.79 Å². The number of rotatable bonds is 7. The fraction of sp³-hybridized carbons (Fsp3) is 0.174. The molecule has 1 atom stereocenters. The van der Waals surface area contributed by atoms with Crippen molar-refractivity contribution in [2.24, 2.45) is 0 Å². The van der Waals surface area contributed by atoms with E-state index in [1.54, 1.807) is 35.1 Å². The van der Waals surface area contributed by atoms with E-state index >= 15 is 0 Å². The highest BCUT2D eigenvalue weighted by Crippen LogP contribution is 2.29. The van der Waals surface area contributed by atoms with Crippen LogP contribution in [-0.4, -0.2) is 26.4 Å². The average molecular weight is 437 g/mol. The molecule has 0 saturated heterocycles. The summed E-state index contributed by atoms with van der Waals surface area (Å²) in [6, 6.07) is 17.6. The summed E-state index contributed by atoms with van der Waals surface area (Å²) in [6.45, 7) is 3.85. The average Bonchev–Trinajstić information content (AvgIpc) is 3.44. The number of nitrogens with zero attached hydrogens (tertiary/aromatic N) is 3. The van der Waals surface area contributed by atoms with E-state index in [9.17, 15) is 9.18 Å². The zero-order chi connectivity index (χ0) is 21.8. The summed E-state index contributed by atoms with van der Waals surface area (Å²) in [4.78, 5) is 12.5. The van der Waals surface area contributed by atoms with E-state index in [2.05, 4.69) is 15.5 Å². The zero-order valence-electron chi connectivity index (χ0n) is 17.1. The zero-order valence-corrected chi connectivity index (χ0v) is 17.9. The van der Waals surface area contributed by atoms with Crippen molar-refractivity contribution < 1.29 is 13.6 Å². The molecule has 0 aliphatic heterocycles. The van der Waals surface area contributed by atoms with Gasteiger partial charge >= 0.3 is 0 Å². The third-order valence-electron chi connectivity index (χ3n) is 4.72. The van der Waals surface area contributed by atoms with Crippen LogP contribution in [0.2, 0.25) is 0 Å². The molecule has 0 aliphatic carbocycles. The molecular formula is C23H21FN4O2S. The van der Waals surface area contributed by atoms with Crippen molar-refractivity contribution >= 4 is 17.7 Å². The summed E-state index contributed by atoms with van der Waals surface area (Å²) in [5.74, 6) is 0.646. The van der Waals surface area contributed by atoms with Gasteiger partial charge in [-0.1, -0.05) is 41.6 Å². The molecule has 1 amide bonds. The van der Waals surface area contributed by atoms with Crippen LogP contribution in [0.5, 0.6) is 0 Å². The second-order valence-corrected chi connectivity index (χ2v) is 7.99. The van der Waals surface area contributed by atoms with Crippen LogP contribution in [0, 0.1) is 12.7 Å². The molecule has 1 unspecified atom stereocenters. The van der Waals surface area contributed by atoms with E-state index in [4.69, 9.17) is 4.42 Å². The summed E-state index contributed by atoms with van der Waals surface area (Å²) in [7, 11) is 0. The van der Waals surface area contributed by atoms with Crippen LogP contribution >= 0.6 is 11.8 Å². The summed E-state index contributed by atoms with van der Waals surface area (Å²) in [5.41, 5.74) is 2.24. The summed E-state index contributed by atoms with van der Waals surface area (Å²) in [6.07, 6.45) is 1.57. The molecular weight excluding hydrogens is 415 g/mol. The Morgan fingerprint density at radius 1 is 1.13 bits per heavy atom. The highest BCUT2D eigenvalue weighted by atomic mass is 32.2. The van der Waals surface area contributed by atoms with Crippen molar-refractivity contribution in [2.75, 3.05) is 5.75 Å². The first-order valence-electron chi connectivity index (χ1n) is 9.76. The fourth-order valence-corrected chi connectivity index (χ4v) is 3.89. The number of hydrogen-bond donors (Lipinski definition) is 1. The normalized spacial score (nSPS) is 12.0. The van der Waals surface area contributed by atoms with Gasteiger partial charge in [-0.05, 0) is 50.2 Å². The first-order valence-corrected chi connectivity index (χ1v) is 10.7. The number of furan rings is 1. The van der Waals surface area contributed by atoms with Gasteiger partial charge in [0.2, 0.25) is 5.91 Å². The molecule has 2 aromatic carbocycles. The highest BCUT2D eigenvalue weighted by molar-refractivity contribution is 7.99. The van der Waals surface area contributed by atoms with Gasteiger partial charge in [-0.3, -0.25) is 9.36 Å². The number of hydrogen-bond acceptors (Lipinski definition) is 5. The monoisotopic (exact) mass is 436 g/mol. The SMILES string of the molecule is Cc1ccc(-n2c(SCC(=O)NC(C)c3ccco3)nnc2-c2ccccc2F)cc1. The van der Waals surface area contributed by atoms with Crippen LogP contribution in [0.15, 0.2) is 76.5 Å². The third-order valence-corrected chi connectivity index (χ3v) is 5.65. The van der Waals surface area contributed by atoms with Crippen molar-refractivity contribution in [3.05, 3.63) is 84.1 Å². The number of aryl methyl sites for hydroxylation is 1. The van der Waals surface area contributed by atoms with Gasteiger partial charge in [0.15, 0.2) is 11.0 Å². The molecule has 4 rings (SSSR count). The van der Waals surface area contributed by atoms with Gasteiger partial charge in [0.05, 0.1) is 23.6 Å². The standard InChI is InChI=1S/C23H21FN4O2S/c1-15-9-11-17(12-10-15)28-22(18-6-3-4-7-19(18)24)26-27-23(28)31-14-21(29)25-16(2)20-8-5-13-30-20/h3-13,16H,14H2,1-2H3,(H,25,29). The lowest BCUT2D eigenvalue weighted by Crippen LogP contribution is -2.28. The Balaban J connectivity index is 1.59. The molecule has 31 heavy (non-hydrogen) atoms. The maximum atomic E-state index is 14.5. The van der Waals surface area contributed by atoms with Gasteiger partial charge in [-0.2, -0.15) is 0 Å². The second kappa shape index (κ2) is 9.18. The topological polar surface area (TPSA) is 73.0 Å². The predicted molar refractivity (Wildman–Crippen MR) is 117 cm³/mol. The molecule has 0 spiro atoms. The lowest BCUT2D eigenvalue weighted by Gasteiger charge is -2.13. The van der Waals surface area contributed by atoms with Crippen molar-refractivity contribution in [2.45, 2.75) is 25.0 Å². The van der Waals surface area contributed by atoms with Gasteiger partial charge in [0.1, 0.15) is 11.6 Å². The van der Waals surface area contributed by atoms with Crippen LogP contribution in [0.1, 0.15) is 24.3 Å². The van der Waals surface area contributed by atoms with E-state index in [1.165, 1.54) is 17.8 Å². The number of carbonyl (C=O) groups is 1. The lowest BCUT2D eigenvalue weighted by molar-refractivity contribution is -0.119. The number of halogens is 1. The minimum Gasteiger partial charge on any atom is -0.467 e. The molecule has 0 bridgehead atoms. The van der Waals surface area contributed by atoms with E-state index in [0.29, 0.717) is 22.3 Å². The summed E-state index contributed by atoms with van der Waals surface area (Å²) < 4.78 is 21.6. The molecule has 6 nitrogen and oxygen atoms in total. The maximum absolute atomic E-state index is 14.5. The van der Waals surface area contributed by atoms with Crippen molar-refractivity contribution in [1.82, 2.24) is 20.1 Å². The Bertz CT molecular complexity index is 1170. The minimum absolute atomic E-state index is 0.131. The molecule has 8 heteroatoms. The molecule has 158 valence electrons. The Labute approximate surface area is 183 Å². The molecule has 2 heterocycles. The minimum atomic E-state index is -0.384. The predicted octanol–water partition coefficient (Wildman–Crippen LogP) is 4.94. The van der Waals surface area contributed by atoms with Gasteiger partial charge in [-0.25, -0.2) is 4.39 Å². The van der Waals surface area contributed by atoms with E-state index in [1.807, 2.05) is 44.2 Å². The van der Waals surface area contributed by atoms with Crippen LogP contribution in [0.4, 0.5) is 4.39 Å². The number of benzene rings is 2. The van der Waals surface area contributed by atoms with Crippen LogP contribution < -0.4 is 5.32 Å². The van der Waals surface area contributed by atoms with E-state index in [-0.39, 0.29) is 23.5 Å². The number of carbonyl (C=O) groups excluding carboxylic acids is 1. The third kappa shape index (κ3) is 4.69. The van der Waals surface area contributed by atoms with Gasteiger partial charge in [0.25, 0.3) is 0 Å². The molecule has 0 radical (unpaired) electrons. The number of nitrogens with one attached hydrogen (secondary N) is 1. The Morgan fingerprint density at radius 3 is 2.61 bits per heavy atom. The molecule has 0 fully saturated rings. The van der Waals surface area contributed by atoms with Crippen molar-refractivity contribution in [3.8, 4) is 17.1 Å². The van der Waals surface area contributed by atoms with E-state index in [0.717, 1.165) is 11.3 Å². The summed E-state index contributed by atoms with van der Waals surface area (Å²) in [5, 5.41) is 11.9. The van der Waals surface area contributed by atoms with Gasteiger partial charge < -0.3 is 9.73 Å². The van der Waals surface area contributed by atoms with Gasteiger partial charge in [0, 0.05) is 5.69 Å².